The first-order valence-electron chi connectivity index (χ1n) is 7.80. The quantitative estimate of drug-likeness (QED) is 0.779. The summed E-state index contributed by atoms with van der Waals surface area (Å²) in [6.07, 6.45) is 9.65. The predicted octanol–water partition coefficient (Wildman–Crippen LogP) is 2.34. The zero-order chi connectivity index (χ0) is 12.4. The molecule has 4 saturated carbocycles. The topological polar surface area (TPSA) is 49.5 Å². The molecule has 5 heteroatoms. The van der Waals surface area contributed by atoms with Gasteiger partial charge in [0.05, 0.1) is 5.60 Å². The summed E-state index contributed by atoms with van der Waals surface area (Å²) in [7, 11) is 0. The van der Waals surface area contributed by atoms with Crippen LogP contribution in [0.4, 0.5) is 0 Å². The van der Waals surface area contributed by atoms with Gasteiger partial charge in [-0.1, -0.05) is 0 Å². The van der Waals surface area contributed by atoms with Crippen molar-refractivity contribution in [3.05, 3.63) is 0 Å². The van der Waals surface area contributed by atoms with Gasteiger partial charge in [-0.2, -0.15) is 0 Å². The third kappa shape index (κ3) is 2.61. The lowest BCUT2D eigenvalue weighted by Gasteiger charge is -2.64. The number of aliphatic hydroxyl groups is 1. The molecule has 5 fully saturated rings. The van der Waals surface area contributed by atoms with Crippen molar-refractivity contribution in [2.45, 2.75) is 68.5 Å². The average molecular weight is 323 g/mol. The van der Waals surface area contributed by atoms with Gasteiger partial charge < -0.3 is 10.8 Å². The summed E-state index contributed by atoms with van der Waals surface area (Å²) < 4.78 is 0. The molecule has 0 radical (unpaired) electrons. The maximum atomic E-state index is 10.8. The van der Waals surface area contributed by atoms with Crippen LogP contribution in [0.15, 0.2) is 0 Å². The van der Waals surface area contributed by atoms with Crippen molar-refractivity contribution in [2.24, 2.45) is 17.6 Å². The van der Waals surface area contributed by atoms with E-state index in [0.29, 0.717) is 11.6 Å². The molecule has 0 aromatic heterocycles. The Kier molecular flexibility index (Phi) is 4.70. The molecule has 3 N–H and O–H groups in total. The van der Waals surface area contributed by atoms with Gasteiger partial charge in [-0.25, -0.2) is 0 Å². The number of rotatable bonds is 1. The molecule has 0 aromatic carbocycles. The maximum Gasteiger partial charge on any atom is 0.0670 e. The molecular weight excluding hydrogens is 295 g/mol. The third-order valence-corrected chi connectivity index (χ3v) is 6.13. The van der Waals surface area contributed by atoms with Crippen molar-refractivity contribution in [3.8, 4) is 0 Å². The summed E-state index contributed by atoms with van der Waals surface area (Å²) in [5.41, 5.74) is 6.16. The van der Waals surface area contributed by atoms with Gasteiger partial charge in [-0.05, 0) is 69.7 Å². The second kappa shape index (κ2) is 5.58. The molecule has 4 bridgehead atoms. The molecule has 0 aromatic rings. The first kappa shape index (κ1) is 16.8. The molecule has 4 aliphatic carbocycles. The lowest BCUT2D eigenvalue weighted by molar-refractivity contribution is -0.178. The number of piperidine rings is 1. The first-order chi connectivity index (χ1) is 8.57. The Bertz CT molecular complexity index is 352. The van der Waals surface area contributed by atoms with Crippen molar-refractivity contribution in [3.63, 3.8) is 0 Å². The number of likely N-dealkylation sites (tertiary alicyclic amines) is 1. The largest absolute Gasteiger partial charge is 0.390 e. The van der Waals surface area contributed by atoms with Gasteiger partial charge in [0, 0.05) is 18.1 Å². The second-order valence-electron chi connectivity index (χ2n) is 7.76. The van der Waals surface area contributed by atoms with Crippen LogP contribution in [0.5, 0.6) is 0 Å². The fraction of sp³-hybridized carbons (Fsp3) is 1.00. The minimum Gasteiger partial charge on any atom is -0.390 e. The van der Waals surface area contributed by atoms with E-state index in [9.17, 15) is 5.11 Å². The predicted molar refractivity (Wildman–Crippen MR) is 85.6 cm³/mol. The Morgan fingerprint density at radius 2 is 1.70 bits per heavy atom. The van der Waals surface area contributed by atoms with Crippen LogP contribution < -0.4 is 5.73 Å². The van der Waals surface area contributed by atoms with E-state index in [4.69, 9.17) is 5.73 Å². The molecule has 3 nitrogen and oxygen atoms in total. The van der Waals surface area contributed by atoms with Crippen molar-refractivity contribution >= 4 is 24.8 Å². The van der Waals surface area contributed by atoms with Crippen LogP contribution in [0.3, 0.4) is 0 Å². The van der Waals surface area contributed by atoms with Gasteiger partial charge in [-0.15, -0.1) is 24.8 Å². The van der Waals surface area contributed by atoms with E-state index in [0.717, 1.165) is 37.6 Å². The number of hydrogen-bond donors (Lipinski definition) is 2. The van der Waals surface area contributed by atoms with Crippen LogP contribution >= 0.6 is 24.8 Å². The molecule has 0 amide bonds. The number of hydrogen-bond acceptors (Lipinski definition) is 3. The molecule has 3 atom stereocenters. The lowest BCUT2D eigenvalue weighted by Crippen LogP contribution is -2.67. The molecule has 2 unspecified atom stereocenters. The standard InChI is InChI=1S/C15H26N2O.2ClH/c16-13-2-1-3-17(9-13)14-5-11-4-12(6-14)8-15(18,7-11)10-14;;/h11-13,18H,1-10,16H2;2*1H/t11?,12?,13-,14?,15?;;/m0../s1. The van der Waals surface area contributed by atoms with Gasteiger partial charge in [-0.3, -0.25) is 4.90 Å². The van der Waals surface area contributed by atoms with Gasteiger partial charge in [0.15, 0.2) is 0 Å². The highest BCUT2D eigenvalue weighted by Gasteiger charge is 2.59. The fourth-order valence-corrected chi connectivity index (χ4v) is 5.98. The van der Waals surface area contributed by atoms with E-state index in [1.54, 1.807) is 0 Å². The van der Waals surface area contributed by atoms with Crippen LogP contribution in [0, 0.1) is 11.8 Å². The minimum absolute atomic E-state index is 0. The van der Waals surface area contributed by atoms with E-state index in [-0.39, 0.29) is 30.4 Å². The van der Waals surface area contributed by atoms with Crippen molar-refractivity contribution in [1.29, 1.82) is 0 Å². The molecule has 118 valence electrons. The summed E-state index contributed by atoms with van der Waals surface area (Å²) in [5, 5.41) is 10.8. The first-order valence-corrected chi connectivity index (χ1v) is 7.80. The van der Waals surface area contributed by atoms with Gasteiger partial charge in [0.1, 0.15) is 0 Å². The smallest absolute Gasteiger partial charge is 0.0670 e. The highest BCUT2D eigenvalue weighted by atomic mass is 35.5. The Morgan fingerprint density at radius 1 is 1.05 bits per heavy atom. The molecule has 1 aliphatic heterocycles. The zero-order valence-corrected chi connectivity index (χ0v) is 13.7. The zero-order valence-electron chi connectivity index (χ0n) is 12.1. The average Bonchev–Trinajstić information content (AvgIpc) is 2.25. The normalized spacial score (nSPS) is 50.4. The summed E-state index contributed by atoms with van der Waals surface area (Å²) in [4.78, 5) is 2.67. The maximum absolute atomic E-state index is 10.8. The Balaban J connectivity index is 0.000000735. The summed E-state index contributed by atoms with van der Waals surface area (Å²) in [6, 6.07) is 0.362. The summed E-state index contributed by atoms with van der Waals surface area (Å²) in [5.74, 6) is 1.57. The fourth-order valence-electron chi connectivity index (χ4n) is 5.98. The molecule has 1 heterocycles. The molecular formula is C15H28Cl2N2O. The number of nitrogens with two attached hydrogens (primary N) is 1. The monoisotopic (exact) mass is 322 g/mol. The van der Waals surface area contributed by atoms with E-state index in [1.165, 1.54) is 38.6 Å². The van der Waals surface area contributed by atoms with Crippen LogP contribution in [-0.4, -0.2) is 40.3 Å². The van der Waals surface area contributed by atoms with Gasteiger partial charge >= 0.3 is 0 Å². The lowest BCUT2D eigenvalue weighted by atomic mass is 9.50. The van der Waals surface area contributed by atoms with Gasteiger partial charge in [0.25, 0.3) is 0 Å². The molecule has 1 saturated heterocycles. The Morgan fingerprint density at radius 3 is 2.25 bits per heavy atom. The number of halogens is 2. The highest BCUT2D eigenvalue weighted by molar-refractivity contribution is 5.85. The van der Waals surface area contributed by atoms with E-state index < -0.39 is 0 Å². The van der Waals surface area contributed by atoms with Crippen LogP contribution in [0.1, 0.15) is 51.4 Å². The minimum atomic E-state index is -0.328. The summed E-state index contributed by atoms with van der Waals surface area (Å²) in [6.45, 7) is 2.28. The van der Waals surface area contributed by atoms with E-state index in [1.807, 2.05) is 0 Å². The number of nitrogens with zero attached hydrogens (tertiary/aromatic N) is 1. The van der Waals surface area contributed by atoms with Crippen LogP contribution in [-0.2, 0) is 0 Å². The Hall–Kier alpha value is 0.460. The van der Waals surface area contributed by atoms with Crippen molar-refractivity contribution in [2.75, 3.05) is 13.1 Å². The van der Waals surface area contributed by atoms with Crippen LogP contribution in [0.25, 0.3) is 0 Å². The molecule has 0 spiro atoms. The third-order valence-electron chi connectivity index (χ3n) is 6.13. The van der Waals surface area contributed by atoms with E-state index >= 15 is 0 Å². The second-order valence-corrected chi connectivity index (χ2v) is 7.76. The van der Waals surface area contributed by atoms with Crippen LogP contribution in [0.2, 0.25) is 0 Å². The van der Waals surface area contributed by atoms with Gasteiger partial charge in [0.2, 0.25) is 0 Å². The van der Waals surface area contributed by atoms with Crippen molar-refractivity contribution in [1.82, 2.24) is 4.90 Å². The molecule has 5 aliphatic rings. The highest BCUT2D eigenvalue weighted by Crippen LogP contribution is 2.59. The Labute approximate surface area is 134 Å². The summed E-state index contributed by atoms with van der Waals surface area (Å²) >= 11 is 0. The van der Waals surface area contributed by atoms with E-state index in [2.05, 4.69) is 4.90 Å². The molecule has 20 heavy (non-hydrogen) atoms. The van der Waals surface area contributed by atoms with Crippen molar-refractivity contribution < 1.29 is 5.11 Å². The SMILES string of the molecule is Cl.Cl.N[C@H]1CCCN(C23CC4CC(CC(O)(C4)C2)C3)C1. The molecule has 5 rings (SSSR count).